The van der Waals surface area contributed by atoms with Crippen LogP contribution in [0, 0.1) is 5.92 Å². The molecule has 0 saturated carbocycles. The summed E-state index contributed by atoms with van der Waals surface area (Å²) in [5, 5.41) is 12.8. The van der Waals surface area contributed by atoms with Crippen molar-refractivity contribution in [3.63, 3.8) is 0 Å². The van der Waals surface area contributed by atoms with Crippen molar-refractivity contribution in [1.29, 1.82) is 0 Å². The lowest BCUT2D eigenvalue weighted by atomic mass is 10.1. The maximum absolute atomic E-state index is 9.59. The number of aromatic nitrogens is 2. The Kier molecular flexibility index (Phi) is 4.76. The van der Waals surface area contributed by atoms with Crippen LogP contribution >= 0.6 is 27.5 Å². The van der Waals surface area contributed by atoms with Crippen LogP contribution in [-0.2, 0) is 0 Å². The van der Waals surface area contributed by atoms with Gasteiger partial charge >= 0.3 is 0 Å². The highest BCUT2D eigenvalue weighted by atomic mass is 79.9. The van der Waals surface area contributed by atoms with Gasteiger partial charge in [-0.1, -0.05) is 13.8 Å². The lowest BCUT2D eigenvalue weighted by Gasteiger charge is -2.15. The Labute approximate surface area is 102 Å². The molecular weight excluding hydrogens is 281 g/mol. The molecule has 0 saturated heterocycles. The standard InChI is InChI=1S/C9H13BrClN3O/c1-5(2)7(15)4-12-8-6(10)3-13-9(11)14-8/h3,5,7,15H,4H2,1-2H3,(H,12,13,14). The number of anilines is 1. The molecule has 0 spiro atoms. The first kappa shape index (κ1) is 12.7. The summed E-state index contributed by atoms with van der Waals surface area (Å²) in [5.74, 6) is 0.795. The Morgan fingerprint density at radius 3 is 2.87 bits per heavy atom. The second-order valence-electron chi connectivity index (χ2n) is 3.53. The molecule has 0 aliphatic heterocycles. The third-order valence-electron chi connectivity index (χ3n) is 1.96. The zero-order valence-electron chi connectivity index (χ0n) is 8.54. The van der Waals surface area contributed by atoms with E-state index in [1.54, 1.807) is 6.20 Å². The Hall–Kier alpha value is -0.390. The van der Waals surface area contributed by atoms with Gasteiger partial charge in [0.15, 0.2) is 0 Å². The SMILES string of the molecule is CC(C)C(O)CNc1nc(Cl)ncc1Br. The molecule has 0 bridgehead atoms. The molecule has 0 aliphatic carbocycles. The predicted molar refractivity (Wildman–Crippen MR) is 64.1 cm³/mol. The lowest BCUT2D eigenvalue weighted by molar-refractivity contribution is 0.138. The van der Waals surface area contributed by atoms with Gasteiger partial charge in [-0.2, -0.15) is 4.98 Å². The van der Waals surface area contributed by atoms with Crippen molar-refractivity contribution >= 4 is 33.3 Å². The molecule has 1 aromatic rings. The van der Waals surface area contributed by atoms with E-state index >= 15 is 0 Å². The zero-order valence-corrected chi connectivity index (χ0v) is 10.9. The van der Waals surface area contributed by atoms with Crippen LogP contribution < -0.4 is 5.32 Å². The summed E-state index contributed by atoms with van der Waals surface area (Å²) < 4.78 is 0.725. The van der Waals surface area contributed by atoms with E-state index in [1.165, 1.54) is 0 Å². The van der Waals surface area contributed by atoms with Crippen molar-refractivity contribution in [3.05, 3.63) is 16.0 Å². The van der Waals surface area contributed by atoms with Gasteiger partial charge in [-0.3, -0.25) is 0 Å². The molecule has 2 N–H and O–H groups in total. The van der Waals surface area contributed by atoms with Gasteiger partial charge in [-0.05, 0) is 33.4 Å². The average Bonchev–Trinajstić information content (AvgIpc) is 2.18. The Bertz CT molecular complexity index is 335. The van der Waals surface area contributed by atoms with Crippen LogP contribution in [0.1, 0.15) is 13.8 Å². The van der Waals surface area contributed by atoms with Crippen LogP contribution in [0.2, 0.25) is 5.28 Å². The monoisotopic (exact) mass is 293 g/mol. The molecule has 0 fully saturated rings. The van der Waals surface area contributed by atoms with Crippen LogP contribution in [0.25, 0.3) is 0 Å². The van der Waals surface area contributed by atoms with Crippen molar-refractivity contribution in [2.75, 3.05) is 11.9 Å². The van der Waals surface area contributed by atoms with Crippen molar-refractivity contribution in [1.82, 2.24) is 9.97 Å². The minimum atomic E-state index is -0.411. The summed E-state index contributed by atoms with van der Waals surface area (Å²) in [5.41, 5.74) is 0. The zero-order chi connectivity index (χ0) is 11.4. The van der Waals surface area contributed by atoms with E-state index in [1.807, 2.05) is 13.8 Å². The van der Waals surface area contributed by atoms with Crippen LogP contribution in [-0.4, -0.2) is 27.7 Å². The van der Waals surface area contributed by atoms with Gasteiger partial charge < -0.3 is 10.4 Å². The van der Waals surface area contributed by atoms with Gasteiger partial charge in [0.2, 0.25) is 5.28 Å². The van der Waals surface area contributed by atoms with Gasteiger partial charge in [0.1, 0.15) is 5.82 Å². The smallest absolute Gasteiger partial charge is 0.224 e. The van der Waals surface area contributed by atoms with Crippen molar-refractivity contribution in [2.24, 2.45) is 5.92 Å². The van der Waals surface area contributed by atoms with Gasteiger partial charge in [0.05, 0.1) is 10.6 Å². The predicted octanol–water partition coefficient (Wildman–Crippen LogP) is 2.32. The van der Waals surface area contributed by atoms with Gasteiger partial charge in [-0.25, -0.2) is 4.98 Å². The summed E-state index contributed by atoms with van der Waals surface area (Å²) in [6.45, 7) is 4.34. The van der Waals surface area contributed by atoms with E-state index in [0.29, 0.717) is 12.4 Å². The number of nitrogens with zero attached hydrogens (tertiary/aromatic N) is 2. The highest BCUT2D eigenvalue weighted by molar-refractivity contribution is 9.10. The van der Waals surface area contributed by atoms with Gasteiger partial charge in [-0.15, -0.1) is 0 Å². The van der Waals surface area contributed by atoms with Crippen molar-refractivity contribution in [2.45, 2.75) is 20.0 Å². The van der Waals surface area contributed by atoms with Crippen LogP contribution in [0.3, 0.4) is 0 Å². The number of rotatable bonds is 4. The van der Waals surface area contributed by atoms with Crippen LogP contribution in [0.4, 0.5) is 5.82 Å². The topological polar surface area (TPSA) is 58.0 Å². The Morgan fingerprint density at radius 1 is 1.60 bits per heavy atom. The molecule has 0 aliphatic rings. The molecule has 1 rings (SSSR count). The van der Waals surface area contributed by atoms with E-state index in [9.17, 15) is 5.11 Å². The fourth-order valence-electron chi connectivity index (χ4n) is 0.907. The van der Waals surface area contributed by atoms with E-state index < -0.39 is 6.10 Å². The molecular formula is C9H13BrClN3O. The molecule has 0 aromatic carbocycles. The molecule has 1 atom stereocenters. The summed E-state index contributed by atoms with van der Waals surface area (Å²) in [4.78, 5) is 7.80. The lowest BCUT2D eigenvalue weighted by Crippen LogP contribution is -2.25. The first-order valence-corrected chi connectivity index (χ1v) is 5.77. The molecule has 1 aromatic heterocycles. The van der Waals surface area contributed by atoms with Gasteiger partial charge in [0, 0.05) is 12.7 Å². The van der Waals surface area contributed by atoms with Crippen LogP contribution in [0.5, 0.6) is 0 Å². The van der Waals surface area contributed by atoms with E-state index in [4.69, 9.17) is 11.6 Å². The largest absolute Gasteiger partial charge is 0.391 e. The first-order chi connectivity index (χ1) is 7.00. The number of aliphatic hydroxyl groups is 1. The minimum Gasteiger partial charge on any atom is -0.391 e. The summed E-state index contributed by atoms with van der Waals surface area (Å²) in [6, 6.07) is 0. The van der Waals surface area contributed by atoms with E-state index in [2.05, 4.69) is 31.2 Å². The average molecular weight is 295 g/mol. The third-order valence-corrected chi connectivity index (χ3v) is 2.73. The summed E-state index contributed by atoms with van der Waals surface area (Å²) in [7, 11) is 0. The van der Waals surface area contributed by atoms with E-state index in [-0.39, 0.29) is 11.2 Å². The van der Waals surface area contributed by atoms with Crippen molar-refractivity contribution < 1.29 is 5.11 Å². The molecule has 1 unspecified atom stereocenters. The maximum Gasteiger partial charge on any atom is 0.224 e. The number of aliphatic hydroxyl groups excluding tert-OH is 1. The minimum absolute atomic E-state index is 0.180. The van der Waals surface area contributed by atoms with E-state index in [0.717, 1.165) is 4.47 Å². The number of nitrogens with one attached hydrogen (secondary N) is 1. The molecule has 0 amide bonds. The van der Waals surface area contributed by atoms with Gasteiger partial charge in [0.25, 0.3) is 0 Å². The number of hydrogen-bond acceptors (Lipinski definition) is 4. The molecule has 1 heterocycles. The molecule has 6 heteroatoms. The molecule has 84 valence electrons. The Morgan fingerprint density at radius 2 is 2.27 bits per heavy atom. The number of halogens is 2. The fourth-order valence-corrected chi connectivity index (χ4v) is 1.37. The highest BCUT2D eigenvalue weighted by Gasteiger charge is 2.10. The Balaban J connectivity index is 2.61. The normalized spacial score (nSPS) is 12.9. The highest BCUT2D eigenvalue weighted by Crippen LogP contribution is 2.20. The van der Waals surface area contributed by atoms with Crippen LogP contribution in [0.15, 0.2) is 10.7 Å². The molecule has 15 heavy (non-hydrogen) atoms. The van der Waals surface area contributed by atoms with Crippen molar-refractivity contribution in [3.8, 4) is 0 Å². The maximum atomic E-state index is 9.59. The molecule has 0 radical (unpaired) electrons. The quantitative estimate of drug-likeness (QED) is 0.837. The summed E-state index contributed by atoms with van der Waals surface area (Å²) >= 11 is 8.94. The summed E-state index contributed by atoms with van der Waals surface area (Å²) in [6.07, 6.45) is 1.16. The number of hydrogen-bond donors (Lipinski definition) is 2. The second kappa shape index (κ2) is 5.63. The fraction of sp³-hybridized carbons (Fsp3) is 0.556. The third kappa shape index (κ3) is 3.93. The second-order valence-corrected chi connectivity index (χ2v) is 4.72. The first-order valence-electron chi connectivity index (χ1n) is 4.60. The molecule has 4 nitrogen and oxygen atoms in total.